The standard InChI is InChI=1S/C16H19N5O3/c1-11(14(22)17-16(15(23)24)9-5-6-10-16)21-19-13(18-20-21)12-7-3-2-4-8-12/h2-4,7-8,11H,5-6,9-10H2,1H3,(H,17,22)(H,23,24). The van der Waals surface area contributed by atoms with Crippen molar-refractivity contribution in [1.29, 1.82) is 0 Å². The van der Waals surface area contributed by atoms with E-state index < -0.39 is 23.5 Å². The third kappa shape index (κ3) is 2.99. The molecule has 3 rings (SSSR count). The van der Waals surface area contributed by atoms with Gasteiger partial charge in [-0.05, 0) is 25.0 Å². The molecule has 126 valence electrons. The molecule has 0 saturated heterocycles. The molecule has 8 nitrogen and oxygen atoms in total. The Kier molecular flexibility index (Phi) is 4.28. The molecule has 1 aromatic heterocycles. The number of carboxylic acids is 1. The fourth-order valence-corrected chi connectivity index (χ4v) is 2.91. The molecule has 1 unspecified atom stereocenters. The molecule has 0 radical (unpaired) electrons. The van der Waals surface area contributed by atoms with Gasteiger partial charge in [-0.15, -0.1) is 10.2 Å². The SMILES string of the molecule is CC(C(=O)NC1(C(=O)O)CCCC1)n1nnc(-c2ccccc2)n1. The number of aromatic nitrogens is 4. The van der Waals surface area contributed by atoms with E-state index in [1.165, 1.54) is 4.80 Å². The van der Waals surface area contributed by atoms with E-state index >= 15 is 0 Å². The number of carboxylic acid groups (broad SMARTS) is 1. The fraction of sp³-hybridized carbons (Fsp3) is 0.438. The van der Waals surface area contributed by atoms with Crippen molar-refractivity contribution in [2.75, 3.05) is 0 Å². The second-order valence-electron chi connectivity index (χ2n) is 6.06. The number of tetrazole rings is 1. The lowest BCUT2D eigenvalue weighted by atomic mass is 9.97. The monoisotopic (exact) mass is 329 g/mol. The number of rotatable bonds is 5. The first-order valence-corrected chi connectivity index (χ1v) is 7.92. The number of carbonyl (C=O) groups is 2. The van der Waals surface area contributed by atoms with Crippen LogP contribution >= 0.6 is 0 Å². The van der Waals surface area contributed by atoms with Gasteiger partial charge in [0.2, 0.25) is 11.7 Å². The minimum Gasteiger partial charge on any atom is -0.480 e. The van der Waals surface area contributed by atoms with E-state index in [0.717, 1.165) is 18.4 Å². The van der Waals surface area contributed by atoms with Gasteiger partial charge in [0.05, 0.1) is 0 Å². The maximum Gasteiger partial charge on any atom is 0.329 e. The first-order valence-electron chi connectivity index (χ1n) is 7.92. The lowest BCUT2D eigenvalue weighted by Gasteiger charge is -2.26. The van der Waals surface area contributed by atoms with Gasteiger partial charge in [0.15, 0.2) is 0 Å². The number of nitrogens with zero attached hydrogens (tertiary/aromatic N) is 4. The Morgan fingerprint density at radius 1 is 1.25 bits per heavy atom. The smallest absolute Gasteiger partial charge is 0.329 e. The van der Waals surface area contributed by atoms with Crippen LogP contribution in [0.3, 0.4) is 0 Å². The average molecular weight is 329 g/mol. The summed E-state index contributed by atoms with van der Waals surface area (Å²) in [4.78, 5) is 25.2. The summed E-state index contributed by atoms with van der Waals surface area (Å²) in [5.41, 5.74) is -0.372. The molecular formula is C16H19N5O3. The normalized spacial score (nSPS) is 17.4. The van der Waals surface area contributed by atoms with E-state index in [1.54, 1.807) is 6.92 Å². The largest absolute Gasteiger partial charge is 0.480 e. The summed E-state index contributed by atoms with van der Waals surface area (Å²) in [7, 11) is 0. The Bertz CT molecular complexity index is 737. The number of aliphatic carboxylic acids is 1. The van der Waals surface area contributed by atoms with Crippen molar-refractivity contribution in [1.82, 2.24) is 25.5 Å². The minimum atomic E-state index is -1.17. The zero-order valence-electron chi connectivity index (χ0n) is 13.3. The lowest BCUT2D eigenvalue weighted by molar-refractivity contribution is -0.148. The number of nitrogens with one attached hydrogen (secondary N) is 1. The van der Waals surface area contributed by atoms with Gasteiger partial charge in [0.25, 0.3) is 0 Å². The molecule has 1 aromatic carbocycles. The van der Waals surface area contributed by atoms with Crippen LogP contribution in [0.1, 0.15) is 38.6 Å². The minimum absolute atomic E-state index is 0.420. The Labute approximate surface area is 138 Å². The van der Waals surface area contributed by atoms with Crippen LogP contribution < -0.4 is 5.32 Å². The van der Waals surface area contributed by atoms with E-state index in [4.69, 9.17) is 0 Å². The quantitative estimate of drug-likeness (QED) is 0.858. The van der Waals surface area contributed by atoms with Crippen LogP contribution in [0, 0.1) is 0 Å². The molecule has 1 amide bonds. The van der Waals surface area contributed by atoms with E-state index in [0.29, 0.717) is 18.7 Å². The van der Waals surface area contributed by atoms with Gasteiger partial charge in [-0.3, -0.25) is 4.79 Å². The zero-order chi connectivity index (χ0) is 17.2. The molecule has 1 saturated carbocycles. The van der Waals surface area contributed by atoms with Crippen molar-refractivity contribution in [2.24, 2.45) is 0 Å². The number of amides is 1. The van der Waals surface area contributed by atoms with Gasteiger partial charge < -0.3 is 10.4 Å². The summed E-state index contributed by atoms with van der Waals surface area (Å²) >= 11 is 0. The molecule has 8 heteroatoms. The maximum absolute atomic E-state index is 12.5. The topological polar surface area (TPSA) is 110 Å². The molecule has 1 atom stereocenters. The summed E-state index contributed by atoms with van der Waals surface area (Å²) in [5.74, 6) is -0.988. The van der Waals surface area contributed by atoms with Gasteiger partial charge in [-0.25, -0.2) is 4.79 Å². The van der Waals surface area contributed by atoms with Crippen LogP contribution in [0.25, 0.3) is 11.4 Å². The average Bonchev–Trinajstić information content (AvgIpc) is 3.25. The van der Waals surface area contributed by atoms with E-state index in [-0.39, 0.29) is 0 Å². The Morgan fingerprint density at radius 2 is 1.92 bits per heavy atom. The molecule has 0 spiro atoms. The molecule has 1 aliphatic carbocycles. The molecule has 1 fully saturated rings. The highest BCUT2D eigenvalue weighted by Gasteiger charge is 2.43. The molecule has 0 bridgehead atoms. The summed E-state index contributed by atoms with van der Waals surface area (Å²) in [6.07, 6.45) is 2.48. The van der Waals surface area contributed by atoms with Crippen molar-refractivity contribution in [3.05, 3.63) is 30.3 Å². The summed E-state index contributed by atoms with van der Waals surface area (Å²) in [6, 6.07) is 8.57. The maximum atomic E-state index is 12.5. The fourth-order valence-electron chi connectivity index (χ4n) is 2.91. The van der Waals surface area contributed by atoms with Crippen LogP contribution in [-0.2, 0) is 9.59 Å². The van der Waals surface area contributed by atoms with Gasteiger partial charge in [0.1, 0.15) is 11.6 Å². The predicted octanol–water partition coefficient (Wildman–Crippen LogP) is 1.41. The molecule has 1 heterocycles. The highest BCUT2D eigenvalue weighted by Crippen LogP contribution is 2.30. The number of hydrogen-bond acceptors (Lipinski definition) is 5. The molecule has 1 aliphatic rings. The molecule has 2 aromatic rings. The summed E-state index contributed by atoms with van der Waals surface area (Å²) < 4.78 is 0. The van der Waals surface area contributed by atoms with Crippen LogP contribution in [0.15, 0.2) is 30.3 Å². The van der Waals surface area contributed by atoms with Gasteiger partial charge in [0, 0.05) is 5.56 Å². The van der Waals surface area contributed by atoms with Crippen molar-refractivity contribution < 1.29 is 14.7 Å². The third-order valence-electron chi connectivity index (χ3n) is 4.42. The summed E-state index contributed by atoms with van der Waals surface area (Å²) in [5, 5.41) is 24.2. The second kappa shape index (κ2) is 6.38. The first kappa shape index (κ1) is 16.1. The number of carbonyl (C=O) groups excluding carboxylic acids is 1. The van der Waals surface area contributed by atoms with Crippen molar-refractivity contribution in [2.45, 2.75) is 44.2 Å². The molecule has 0 aliphatic heterocycles. The van der Waals surface area contributed by atoms with Crippen LogP contribution in [0.5, 0.6) is 0 Å². The van der Waals surface area contributed by atoms with Crippen molar-refractivity contribution in [3.8, 4) is 11.4 Å². The van der Waals surface area contributed by atoms with Crippen LogP contribution in [0.4, 0.5) is 0 Å². The molecule has 2 N–H and O–H groups in total. The Morgan fingerprint density at radius 3 is 2.54 bits per heavy atom. The summed E-state index contributed by atoms with van der Waals surface area (Å²) in [6.45, 7) is 1.62. The first-order chi connectivity index (χ1) is 11.5. The zero-order valence-corrected chi connectivity index (χ0v) is 13.3. The third-order valence-corrected chi connectivity index (χ3v) is 4.42. The van der Waals surface area contributed by atoms with E-state index in [1.807, 2.05) is 30.3 Å². The predicted molar refractivity (Wildman–Crippen MR) is 84.9 cm³/mol. The molecular weight excluding hydrogens is 310 g/mol. The van der Waals surface area contributed by atoms with Gasteiger partial charge in [-0.1, -0.05) is 43.2 Å². The van der Waals surface area contributed by atoms with Crippen molar-refractivity contribution >= 4 is 11.9 Å². The van der Waals surface area contributed by atoms with E-state index in [9.17, 15) is 14.7 Å². The van der Waals surface area contributed by atoms with E-state index in [2.05, 4.69) is 20.7 Å². The number of benzene rings is 1. The Balaban J connectivity index is 1.74. The van der Waals surface area contributed by atoms with Crippen molar-refractivity contribution in [3.63, 3.8) is 0 Å². The van der Waals surface area contributed by atoms with Crippen LogP contribution in [0.2, 0.25) is 0 Å². The lowest BCUT2D eigenvalue weighted by Crippen LogP contribution is -2.54. The van der Waals surface area contributed by atoms with Gasteiger partial charge in [-0.2, -0.15) is 4.80 Å². The Hall–Kier alpha value is -2.77. The molecule has 24 heavy (non-hydrogen) atoms. The van der Waals surface area contributed by atoms with Gasteiger partial charge >= 0.3 is 5.97 Å². The highest BCUT2D eigenvalue weighted by molar-refractivity contribution is 5.88. The van der Waals surface area contributed by atoms with Crippen LogP contribution in [-0.4, -0.2) is 42.7 Å². The second-order valence-corrected chi connectivity index (χ2v) is 6.06. The number of hydrogen-bond donors (Lipinski definition) is 2. The highest BCUT2D eigenvalue weighted by atomic mass is 16.4.